The van der Waals surface area contributed by atoms with Crippen molar-refractivity contribution in [3.63, 3.8) is 0 Å². The number of rotatable bonds is 8. The van der Waals surface area contributed by atoms with E-state index < -0.39 is 42.4 Å². The summed E-state index contributed by atoms with van der Waals surface area (Å²) in [4.78, 5) is 44.3. The molecule has 0 bridgehead atoms. The zero-order chi connectivity index (χ0) is 26.2. The van der Waals surface area contributed by atoms with Gasteiger partial charge in [0.2, 0.25) is 0 Å². The second-order valence-corrected chi connectivity index (χ2v) is 7.56. The number of methoxy groups -OCH3 is 1. The topological polar surface area (TPSA) is 183 Å². The SMILES string of the molecule is COc1ccc(N(C)C(=O)Oc2cccc3c2CCN3)cc1.O=C(O)CC(O)(CC(=O)O)C(=O)O. The molecule has 12 nitrogen and oxygen atoms in total. The molecule has 2 aromatic rings. The average Bonchev–Trinajstić information content (AvgIpc) is 3.28. The Labute approximate surface area is 200 Å². The molecule has 0 saturated carbocycles. The fourth-order valence-corrected chi connectivity index (χ4v) is 3.19. The number of amides is 1. The van der Waals surface area contributed by atoms with Crippen molar-refractivity contribution in [3.8, 4) is 11.5 Å². The molecule has 0 radical (unpaired) electrons. The number of carbonyl (C=O) groups is 4. The molecule has 1 aliphatic rings. The van der Waals surface area contributed by atoms with E-state index in [9.17, 15) is 19.2 Å². The number of carbonyl (C=O) groups excluding carboxylic acids is 1. The van der Waals surface area contributed by atoms with Gasteiger partial charge < -0.3 is 35.2 Å². The standard InChI is InChI=1S/C17H18N2O3.C6H8O7/c1-19(12-6-8-13(21-2)9-7-12)17(20)22-16-5-3-4-15-14(16)10-11-18-15;7-3(8)1-6(13,5(11)12)2-4(9)10/h3-9,18H,10-11H2,1-2H3;13H,1-2H2,(H,7,8)(H,9,10)(H,11,12). The van der Waals surface area contributed by atoms with Gasteiger partial charge in [-0.2, -0.15) is 0 Å². The first-order valence-corrected chi connectivity index (χ1v) is 10.3. The zero-order valence-corrected chi connectivity index (χ0v) is 19.1. The molecule has 1 aliphatic heterocycles. The number of aliphatic carboxylic acids is 3. The summed E-state index contributed by atoms with van der Waals surface area (Å²) < 4.78 is 10.7. The normalized spacial score (nSPS) is 11.7. The number of hydrogen-bond acceptors (Lipinski definition) is 8. The van der Waals surface area contributed by atoms with Gasteiger partial charge >= 0.3 is 24.0 Å². The molecule has 0 aromatic heterocycles. The molecular formula is C23H26N2O10. The van der Waals surface area contributed by atoms with E-state index >= 15 is 0 Å². The van der Waals surface area contributed by atoms with Crippen LogP contribution in [0.4, 0.5) is 16.2 Å². The highest BCUT2D eigenvalue weighted by molar-refractivity contribution is 5.89. The van der Waals surface area contributed by atoms with Gasteiger partial charge in [-0.15, -0.1) is 0 Å². The zero-order valence-electron chi connectivity index (χ0n) is 19.1. The summed E-state index contributed by atoms with van der Waals surface area (Å²) in [6.07, 6.45) is -1.83. The number of ether oxygens (including phenoxy) is 2. The molecule has 0 aliphatic carbocycles. The number of benzene rings is 2. The van der Waals surface area contributed by atoms with Crippen molar-refractivity contribution in [3.05, 3.63) is 48.0 Å². The fraction of sp³-hybridized carbons (Fsp3) is 0.304. The molecular weight excluding hydrogens is 464 g/mol. The van der Waals surface area contributed by atoms with Crippen LogP contribution in [0.15, 0.2) is 42.5 Å². The largest absolute Gasteiger partial charge is 0.497 e. The van der Waals surface area contributed by atoms with Gasteiger partial charge in [-0.25, -0.2) is 9.59 Å². The Morgan fingerprint density at radius 3 is 2.11 bits per heavy atom. The third-order valence-corrected chi connectivity index (χ3v) is 5.04. The maximum atomic E-state index is 12.3. The summed E-state index contributed by atoms with van der Waals surface area (Å²) in [5, 5.41) is 37.1. The molecule has 12 heteroatoms. The summed E-state index contributed by atoms with van der Waals surface area (Å²) in [6.45, 7) is 0.873. The molecule has 0 spiro atoms. The number of carboxylic acids is 3. The molecule has 2 aromatic carbocycles. The summed E-state index contributed by atoms with van der Waals surface area (Å²) in [6, 6.07) is 13.0. The highest BCUT2D eigenvalue weighted by atomic mass is 16.6. The second-order valence-electron chi connectivity index (χ2n) is 7.56. The van der Waals surface area contributed by atoms with Gasteiger partial charge in [0, 0.05) is 30.5 Å². The Hall–Kier alpha value is -4.32. The Bertz CT molecular complexity index is 1070. The van der Waals surface area contributed by atoms with Gasteiger partial charge in [-0.3, -0.25) is 14.5 Å². The van der Waals surface area contributed by atoms with E-state index in [-0.39, 0.29) is 0 Å². The van der Waals surface area contributed by atoms with Crippen LogP contribution in [0.1, 0.15) is 18.4 Å². The van der Waals surface area contributed by atoms with Gasteiger partial charge in [0.25, 0.3) is 0 Å². The predicted molar refractivity (Wildman–Crippen MR) is 123 cm³/mol. The number of carboxylic acid groups (broad SMARTS) is 3. The van der Waals surface area contributed by atoms with Crippen molar-refractivity contribution in [2.24, 2.45) is 0 Å². The first-order chi connectivity index (χ1) is 16.5. The van der Waals surface area contributed by atoms with Crippen LogP contribution < -0.4 is 19.7 Å². The molecule has 1 heterocycles. The number of nitrogens with zero attached hydrogens (tertiary/aromatic N) is 1. The summed E-state index contributed by atoms with van der Waals surface area (Å²) in [5.74, 6) is -3.65. The Morgan fingerprint density at radius 2 is 1.60 bits per heavy atom. The van der Waals surface area contributed by atoms with Crippen LogP contribution in [0.5, 0.6) is 11.5 Å². The van der Waals surface area contributed by atoms with Gasteiger partial charge in [0.15, 0.2) is 5.60 Å². The molecule has 0 unspecified atom stereocenters. The predicted octanol–water partition coefficient (Wildman–Crippen LogP) is 2.05. The van der Waals surface area contributed by atoms with Gasteiger partial charge in [0.1, 0.15) is 11.5 Å². The van der Waals surface area contributed by atoms with E-state index in [1.807, 2.05) is 42.5 Å². The van der Waals surface area contributed by atoms with Crippen molar-refractivity contribution >= 4 is 35.4 Å². The van der Waals surface area contributed by atoms with E-state index in [4.69, 9.17) is 29.9 Å². The van der Waals surface area contributed by atoms with E-state index in [1.165, 1.54) is 4.90 Å². The third-order valence-electron chi connectivity index (χ3n) is 5.04. The lowest BCUT2D eigenvalue weighted by atomic mass is 9.96. The van der Waals surface area contributed by atoms with Gasteiger partial charge in [-0.1, -0.05) is 6.07 Å². The molecule has 0 fully saturated rings. The lowest BCUT2D eigenvalue weighted by molar-refractivity contribution is -0.170. The summed E-state index contributed by atoms with van der Waals surface area (Å²) in [7, 11) is 3.29. The number of aliphatic hydroxyl groups is 1. The van der Waals surface area contributed by atoms with Crippen molar-refractivity contribution in [1.82, 2.24) is 0 Å². The number of nitrogens with one attached hydrogen (secondary N) is 1. The smallest absolute Gasteiger partial charge is 0.419 e. The molecule has 1 amide bonds. The molecule has 188 valence electrons. The first kappa shape index (κ1) is 26.9. The number of fused-ring (bicyclic) bond motifs is 1. The summed E-state index contributed by atoms with van der Waals surface area (Å²) in [5.41, 5.74) is 0.102. The van der Waals surface area contributed by atoms with Crippen LogP contribution in [0.2, 0.25) is 0 Å². The maximum absolute atomic E-state index is 12.3. The molecule has 3 rings (SSSR count). The lowest BCUT2D eigenvalue weighted by Gasteiger charge is -2.18. The molecule has 5 N–H and O–H groups in total. The van der Waals surface area contributed by atoms with E-state index in [0.717, 1.165) is 35.7 Å². The van der Waals surface area contributed by atoms with Crippen molar-refractivity contribution in [1.29, 1.82) is 0 Å². The van der Waals surface area contributed by atoms with Crippen LogP contribution in [0, 0.1) is 0 Å². The highest BCUT2D eigenvalue weighted by Crippen LogP contribution is 2.31. The van der Waals surface area contributed by atoms with Crippen LogP contribution >= 0.6 is 0 Å². The summed E-state index contributed by atoms with van der Waals surface area (Å²) >= 11 is 0. The van der Waals surface area contributed by atoms with Crippen molar-refractivity contribution in [2.45, 2.75) is 24.9 Å². The van der Waals surface area contributed by atoms with Gasteiger partial charge in [0.05, 0.1) is 20.0 Å². The van der Waals surface area contributed by atoms with Crippen LogP contribution in [0.3, 0.4) is 0 Å². The third kappa shape index (κ3) is 7.33. The minimum absolute atomic E-state index is 0.412. The first-order valence-electron chi connectivity index (χ1n) is 10.3. The lowest BCUT2D eigenvalue weighted by Crippen LogP contribution is -2.42. The Morgan fingerprint density at radius 1 is 1.00 bits per heavy atom. The van der Waals surface area contributed by atoms with Crippen LogP contribution in [-0.4, -0.2) is 70.7 Å². The van der Waals surface area contributed by atoms with Crippen LogP contribution in [-0.2, 0) is 20.8 Å². The fourth-order valence-electron chi connectivity index (χ4n) is 3.19. The molecule has 0 atom stereocenters. The van der Waals surface area contributed by atoms with Crippen molar-refractivity contribution in [2.75, 3.05) is 30.9 Å². The number of anilines is 2. The van der Waals surface area contributed by atoms with E-state index in [0.29, 0.717) is 5.75 Å². The Balaban J connectivity index is 0.000000287. The maximum Gasteiger partial charge on any atom is 0.419 e. The Kier molecular flexibility index (Phi) is 9.00. The molecule has 0 saturated heterocycles. The van der Waals surface area contributed by atoms with E-state index in [2.05, 4.69) is 5.32 Å². The van der Waals surface area contributed by atoms with E-state index in [1.54, 1.807) is 14.2 Å². The number of hydrogen-bond donors (Lipinski definition) is 5. The van der Waals surface area contributed by atoms with Crippen LogP contribution in [0.25, 0.3) is 0 Å². The average molecular weight is 490 g/mol. The molecule has 35 heavy (non-hydrogen) atoms. The van der Waals surface area contributed by atoms with Crippen molar-refractivity contribution < 1.29 is 49.1 Å². The monoisotopic (exact) mass is 490 g/mol. The van der Waals surface area contributed by atoms with Gasteiger partial charge in [-0.05, 0) is 42.8 Å². The minimum atomic E-state index is -2.74. The minimum Gasteiger partial charge on any atom is -0.497 e. The quantitative estimate of drug-likeness (QED) is 0.365. The highest BCUT2D eigenvalue weighted by Gasteiger charge is 2.40. The second kappa shape index (κ2) is 11.7.